The van der Waals surface area contributed by atoms with Gasteiger partial charge in [-0.15, -0.1) is 0 Å². The highest BCUT2D eigenvalue weighted by Crippen LogP contribution is 2.35. The highest BCUT2D eigenvalue weighted by atomic mass is 16.7. The van der Waals surface area contributed by atoms with E-state index in [0.29, 0.717) is 28.4 Å². The van der Waals surface area contributed by atoms with Gasteiger partial charge in [-0.3, -0.25) is 14.5 Å². The summed E-state index contributed by atoms with van der Waals surface area (Å²) >= 11 is 0. The molecule has 2 N–H and O–H groups in total. The molecule has 174 valence electrons. The number of hydrogen-bond donors (Lipinski definition) is 2. The van der Waals surface area contributed by atoms with Crippen LogP contribution in [0, 0.1) is 0 Å². The lowest BCUT2D eigenvalue weighted by Gasteiger charge is -2.32. The number of likely N-dealkylation sites (N-methyl/N-ethyl adjacent to an activating group) is 1. The molecule has 7 heteroatoms. The second kappa shape index (κ2) is 9.57. The van der Waals surface area contributed by atoms with Gasteiger partial charge in [0, 0.05) is 17.8 Å². The van der Waals surface area contributed by atoms with Gasteiger partial charge in [0.05, 0.1) is 17.8 Å². The van der Waals surface area contributed by atoms with Crippen LogP contribution in [0.5, 0.6) is 11.5 Å². The summed E-state index contributed by atoms with van der Waals surface area (Å²) in [7, 11) is 1.98. The molecule has 2 amide bonds. The van der Waals surface area contributed by atoms with Gasteiger partial charge in [-0.1, -0.05) is 36.4 Å². The molecule has 0 radical (unpaired) electrons. The minimum absolute atomic E-state index is 0.158. The number of fused-ring (bicyclic) bond motifs is 2. The van der Waals surface area contributed by atoms with Crippen molar-refractivity contribution in [3.05, 3.63) is 83.4 Å². The van der Waals surface area contributed by atoms with E-state index in [2.05, 4.69) is 39.8 Å². The summed E-state index contributed by atoms with van der Waals surface area (Å²) < 4.78 is 10.7. The summed E-state index contributed by atoms with van der Waals surface area (Å²) in [6.45, 7) is 0.402. The number of ether oxygens (including phenoxy) is 2. The molecule has 5 rings (SSSR count). The molecule has 34 heavy (non-hydrogen) atoms. The van der Waals surface area contributed by atoms with E-state index in [0.717, 1.165) is 19.3 Å². The normalized spacial score (nSPS) is 16.1. The van der Waals surface area contributed by atoms with Crippen LogP contribution in [0.3, 0.4) is 0 Å². The van der Waals surface area contributed by atoms with E-state index >= 15 is 0 Å². The lowest BCUT2D eigenvalue weighted by Crippen LogP contribution is -2.35. The number of benzene rings is 3. The predicted octanol–water partition coefficient (Wildman–Crippen LogP) is 4.62. The number of nitrogens with zero attached hydrogens (tertiary/aromatic N) is 1. The molecule has 0 saturated carbocycles. The van der Waals surface area contributed by atoms with E-state index in [1.165, 1.54) is 11.1 Å². The lowest BCUT2D eigenvalue weighted by atomic mass is 9.87. The van der Waals surface area contributed by atoms with Gasteiger partial charge in [0.15, 0.2) is 11.5 Å². The van der Waals surface area contributed by atoms with Crippen LogP contribution < -0.4 is 20.1 Å². The molecule has 0 fully saturated rings. The highest BCUT2D eigenvalue weighted by Gasteiger charge is 2.25. The number of nitrogens with one attached hydrogen (secondary N) is 2. The summed E-state index contributed by atoms with van der Waals surface area (Å²) in [4.78, 5) is 28.0. The minimum atomic E-state index is -0.315. The van der Waals surface area contributed by atoms with Crippen molar-refractivity contribution in [1.29, 1.82) is 0 Å². The Bertz CT molecular complexity index is 1230. The first-order valence-electron chi connectivity index (χ1n) is 11.5. The van der Waals surface area contributed by atoms with Gasteiger partial charge in [-0.05, 0) is 61.7 Å². The Labute approximate surface area is 198 Å². The largest absolute Gasteiger partial charge is 0.454 e. The maximum atomic E-state index is 13.0. The van der Waals surface area contributed by atoms with Crippen molar-refractivity contribution in [2.45, 2.75) is 25.3 Å². The summed E-state index contributed by atoms with van der Waals surface area (Å²) in [5.74, 6) is 0.764. The number of carbonyl (C=O) groups excluding carboxylic acids is 2. The number of carbonyl (C=O) groups is 2. The minimum Gasteiger partial charge on any atom is -0.454 e. The topological polar surface area (TPSA) is 79.9 Å². The Kier molecular flexibility index (Phi) is 6.18. The number of aryl methyl sites for hydroxylation is 1. The zero-order valence-electron chi connectivity index (χ0n) is 19.0. The van der Waals surface area contributed by atoms with Crippen LogP contribution in [0.2, 0.25) is 0 Å². The molecule has 1 atom stereocenters. The predicted molar refractivity (Wildman–Crippen MR) is 130 cm³/mol. The van der Waals surface area contributed by atoms with E-state index in [9.17, 15) is 9.59 Å². The summed E-state index contributed by atoms with van der Waals surface area (Å²) in [5, 5.41) is 5.80. The molecule has 0 spiro atoms. The molecule has 3 aromatic carbocycles. The van der Waals surface area contributed by atoms with Crippen molar-refractivity contribution in [2.75, 3.05) is 31.0 Å². The fraction of sp³-hybridized carbons (Fsp3) is 0.259. The Hall–Kier alpha value is -3.84. The third-order valence-corrected chi connectivity index (χ3v) is 6.34. The Morgan fingerprint density at radius 2 is 1.76 bits per heavy atom. The van der Waals surface area contributed by atoms with Gasteiger partial charge in [0.1, 0.15) is 0 Å². The first-order valence-corrected chi connectivity index (χ1v) is 11.5. The zero-order valence-corrected chi connectivity index (χ0v) is 19.0. The second-order valence-corrected chi connectivity index (χ2v) is 8.64. The molecule has 2 aliphatic rings. The van der Waals surface area contributed by atoms with Gasteiger partial charge in [-0.25, -0.2) is 0 Å². The number of amides is 2. The lowest BCUT2D eigenvalue weighted by molar-refractivity contribution is -0.117. The van der Waals surface area contributed by atoms with Crippen LogP contribution in [-0.4, -0.2) is 37.1 Å². The molecule has 1 heterocycles. The molecule has 0 bridgehead atoms. The third-order valence-electron chi connectivity index (χ3n) is 6.34. The van der Waals surface area contributed by atoms with Crippen LogP contribution in [0.1, 0.15) is 40.4 Å². The number of anilines is 2. The first-order chi connectivity index (χ1) is 16.6. The van der Waals surface area contributed by atoms with Crippen LogP contribution in [0.4, 0.5) is 11.4 Å². The summed E-state index contributed by atoms with van der Waals surface area (Å²) in [5.41, 5.74) is 4.11. The van der Waals surface area contributed by atoms with Crippen molar-refractivity contribution < 1.29 is 19.1 Å². The van der Waals surface area contributed by atoms with Crippen LogP contribution in [0.15, 0.2) is 66.7 Å². The van der Waals surface area contributed by atoms with Gasteiger partial charge < -0.3 is 20.1 Å². The van der Waals surface area contributed by atoms with Crippen LogP contribution in [-0.2, 0) is 11.2 Å². The molecule has 1 aliphatic heterocycles. The Balaban J connectivity index is 1.25. The van der Waals surface area contributed by atoms with Crippen molar-refractivity contribution in [2.24, 2.45) is 0 Å². The van der Waals surface area contributed by atoms with Gasteiger partial charge in [0.2, 0.25) is 12.7 Å². The summed E-state index contributed by atoms with van der Waals surface area (Å²) in [6, 6.07) is 20.9. The molecule has 1 aliphatic carbocycles. The maximum Gasteiger partial charge on any atom is 0.257 e. The van der Waals surface area contributed by atoms with Crippen LogP contribution >= 0.6 is 0 Å². The highest BCUT2D eigenvalue weighted by molar-refractivity contribution is 6.10. The van der Waals surface area contributed by atoms with Crippen molar-refractivity contribution in [1.82, 2.24) is 4.90 Å². The molecule has 0 aromatic heterocycles. The average molecular weight is 458 g/mol. The monoisotopic (exact) mass is 457 g/mol. The second-order valence-electron chi connectivity index (χ2n) is 8.64. The SMILES string of the molecule is CN(CC(=O)Nc1ccccc1C(=O)Nc1ccc2c(c1)OCO2)C1CCCc2ccccc21. The van der Waals surface area contributed by atoms with Gasteiger partial charge >= 0.3 is 0 Å². The van der Waals surface area contributed by atoms with Crippen LogP contribution in [0.25, 0.3) is 0 Å². The number of para-hydroxylation sites is 1. The zero-order chi connectivity index (χ0) is 23.5. The van der Waals surface area contributed by atoms with Crippen molar-refractivity contribution in [3.63, 3.8) is 0 Å². The molecule has 0 saturated heterocycles. The molecule has 1 unspecified atom stereocenters. The Morgan fingerprint density at radius 1 is 0.971 bits per heavy atom. The fourth-order valence-corrected chi connectivity index (χ4v) is 4.68. The third kappa shape index (κ3) is 4.61. The molecular formula is C27H27N3O4. The van der Waals surface area contributed by atoms with E-state index in [-0.39, 0.29) is 31.2 Å². The van der Waals surface area contributed by atoms with Crippen molar-refractivity contribution >= 4 is 23.2 Å². The van der Waals surface area contributed by atoms with E-state index in [1.54, 1.807) is 42.5 Å². The number of hydrogen-bond acceptors (Lipinski definition) is 5. The Morgan fingerprint density at radius 3 is 2.68 bits per heavy atom. The molecule has 3 aromatic rings. The quantitative estimate of drug-likeness (QED) is 0.565. The standard InChI is InChI=1S/C27H27N3O4/c1-30(23-12-6-8-18-7-2-3-9-20(18)23)16-26(31)29-22-11-5-4-10-21(22)27(32)28-19-13-14-24-25(15-19)34-17-33-24/h2-5,7,9-11,13-15,23H,6,8,12,16-17H2,1H3,(H,28,32)(H,29,31). The summed E-state index contributed by atoms with van der Waals surface area (Å²) in [6.07, 6.45) is 3.21. The van der Waals surface area contributed by atoms with Gasteiger partial charge in [0.25, 0.3) is 5.91 Å². The van der Waals surface area contributed by atoms with E-state index < -0.39 is 0 Å². The average Bonchev–Trinajstić information content (AvgIpc) is 3.32. The van der Waals surface area contributed by atoms with Crippen molar-refractivity contribution in [3.8, 4) is 11.5 Å². The van der Waals surface area contributed by atoms with Gasteiger partial charge in [-0.2, -0.15) is 0 Å². The molecular weight excluding hydrogens is 430 g/mol. The van der Waals surface area contributed by atoms with E-state index in [1.807, 2.05) is 7.05 Å². The first kappa shape index (κ1) is 22.0. The van der Waals surface area contributed by atoms with E-state index in [4.69, 9.17) is 9.47 Å². The smallest absolute Gasteiger partial charge is 0.257 e. The molecule has 7 nitrogen and oxygen atoms in total. The fourth-order valence-electron chi connectivity index (χ4n) is 4.68. The number of rotatable bonds is 6. The maximum absolute atomic E-state index is 13.0.